The molecule has 26 heavy (non-hydrogen) atoms. The number of rotatable bonds is 2. The molecular formula is C23H24Cl2Zr. The Morgan fingerprint density at radius 3 is 2.23 bits per heavy atom. The Kier molecular flexibility index (Phi) is 6.82. The van der Waals surface area contributed by atoms with Crippen LogP contribution in [0.2, 0.25) is 0 Å². The van der Waals surface area contributed by atoms with Crippen LogP contribution in [0.4, 0.5) is 0 Å². The van der Waals surface area contributed by atoms with Gasteiger partial charge >= 0.3 is 158 Å². The van der Waals surface area contributed by atoms with Crippen LogP contribution in [0.25, 0.3) is 11.1 Å². The molecule has 0 unspecified atom stereocenters. The number of hydrogen-bond donors (Lipinski definition) is 0. The Bertz CT molecular complexity index is 885. The zero-order chi connectivity index (χ0) is 16.9. The molecule has 0 spiro atoms. The van der Waals surface area contributed by atoms with E-state index in [0.717, 1.165) is 6.42 Å². The molecule has 0 fully saturated rings. The maximum Gasteiger partial charge on any atom is -1.00 e. The van der Waals surface area contributed by atoms with Crippen molar-refractivity contribution in [3.63, 3.8) is 0 Å². The fraction of sp³-hybridized carbons (Fsp3) is 0.304. The molecule has 134 valence electrons. The molecule has 0 heterocycles. The van der Waals surface area contributed by atoms with Gasteiger partial charge in [-0.25, -0.2) is 0 Å². The topological polar surface area (TPSA) is 0 Å². The maximum atomic E-state index is 2.47. The molecule has 2 aliphatic rings. The van der Waals surface area contributed by atoms with Crippen LogP contribution in [-0.4, -0.2) is 0 Å². The molecule has 0 amide bonds. The van der Waals surface area contributed by atoms with Gasteiger partial charge in [0.2, 0.25) is 0 Å². The minimum absolute atomic E-state index is 0. The van der Waals surface area contributed by atoms with E-state index < -0.39 is 23.2 Å². The summed E-state index contributed by atoms with van der Waals surface area (Å²) in [6.45, 7) is 9.36. The van der Waals surface area contributed by atoms with Crippen LogP contribution < -0.4 is 28.1 Å². The molecule has 0 saturated carbocycles. The van der Waals surface area contributed by atoms with Crippen molar-refractivity contribution in [3.05, 3.63) is 74.1 Å². The summed E-state index contributed by atoms with van der Waals surface area (Å²) in [5, 5.41) is 0. The molecule has 2 aliphatic carbocycles. The molecule has 0 aromatic heterocycles. The molecular weight excluding hydrogens is 438 g/mol. The molecule has 2 aromatic carbocycles. The molecule has 0 nitrogen and oxygen atoms in total. The third-order valence-electron chi connectivity index (χ3n) is 5.33. The molecule has 0 radical (unpaired) electrons. The Labute approximate surface area is 181 Å². The van der Waals surface area contributed by atoms with Gasteiger partial charge in [-0.3, -0.25) is 0 Å². The summed E-state index contributed by atoms with van der Waals surface area (Å²) in [7, 11) is 0. The number of hydrogen-bond acceptors (Lipinski definition) is 0. The summed E-state index contributed by atoms with van der Waals surface area (Å²) in [6.07, 6.45) is 4.82. The maximum absolute atomic E-state index is 2.47. The number of benzene rings is 2. The third-order valence-corrected chi connectivity index (χ3v) is 9.29. The van der Waals surface area contributed by atoms with Crippen molar-refractivity contribution >= 4 is 3.27 Å². The fourth-order valence-corrected chi connectivity index (χ4v) is 7.30. The van der Waals surface area contributed by atoms with Gasteiger partial charge in [0.15, 0.2) is 0 Å². The van der Waals surface area contributed by atoms with Crippen LogP contribution in [0.1, 0.15) is 45.2 Å². The summed E-state index contributed by atoms with van der Waals surface area (Å²) < 4.78 is 3.46. The van der Waals surface area contributed by atoms with Gasteiger partial charge in [0.05, 0.1) is 0 Å². The summed E-state index contributed by atoms with van der Waals surface area (Å²) in [4.78, 5) is 0. The van der Waals surface area contributed by atoms with Crippen molar-refractivity contribution in [3.8, 4) is 11.1 Å². The summed E-state index contributed by atoms with van der Waals surface area (Å²) >= 11 is -0.712. The van der Waals surface area contributed by atoms with Crippen molar-refractivity contribution in [1.82, 2.24) is 0 Å². The molecule has 0 aliphatic heterocycles. The van der Waals surface area contributed by atoms with Crippen LogP contribution >= 0.6 is 0 Å². The standard InChI is InChI=1S/C13H9.C10H15.2ClH.Zr/c1-3-7-12-10(5-1)9-11-6-2-4-8-13(11)12;1-8-5-6-9(7-8)10(2,3)4;;;/h1-5,7-8H,9H2;7H,6H2,1-4H3;2*1H;/q;;;;+2/p-2. The Morgan fingerprint density at radius 1 is 0.846 bits per heavy atom. The van der Waals surface area contributed by atoms with E-state index in [1.165, 1.54) is 23.1 Å². The van der Waals surface area contributed by atoms with Crippen LogP contribution in [0.15, 0.2) is 63.0 Å². The summed E-state index contributed by atoms with van der Waals surface area (Å²) in [5.41, 5.74) is 9.55. The van der Waals surface area contributed by atoms with E-state index in [4.69, 9.17) is 0 Å². The van der Waals surface area contributed by atoms with Crippen molar-refractivity contribution in [2.75, 3.05) is 0 Å². The van der Waals surface area contributed by atoms with Gasteiger partial charge < -0.3 is 24.8 Å². The van der Waals surface area contributed by atoms with Gasteiger partial charge in [0.25, 0.3) is 0 Å². The van der Waals surface area contributed by atoms with Crippen molar-refractivity contribution in [1.29, 1.82) is 0 Å². The van der Waals surface area contributed by atoms with Crippen LogP contribution in [0, 0.1) is 5.41 Å². The largest absolute Gasteiger partial charge is 1.00 e. The van der Waals surface area contributed by atoms with E-state index in [9.17, 15) is 0 Å². The van der Waals surface area contributed by atoms with E-state index in [2.05, 4.69) is 76.2 Å². The zero-order valence-electron chi connectivity index (χ0n) is 15.8. The second-order valence-corrected chi connectivity index (χ2v) is 11.5. The van der Waals surface area contributed by atoms with Gasteiger partial charge in [-0.05, 0) is 0 Å². The van der Waals surface area contributed by atoms with Crippen molar-refractivity contribution < 1.29 is 48.0 Å². The second kappa shape index (κ2) is 8.18. The molecule has 0 saturated heterocycles. The van der Waals surface area contributed by atoms with Crippen LogP contribution in [-0.2, 0) is 29.7 Å². The first-order chi connectivity index (χ1) is 11.4. The van der Waals surface area contributed by atoms with Gasteiger partial charge in [-0.15, -0.1) is 0 Å². The van der Waals surface area contributed by atoms with Gasteiger partial charge in [0.1, 0.15) is 0 Å². The first-order valence-corrected chi connectivity index (χ1v) is 11.3. The van der Waals surface area contributed by atoms with Gasteiger partial charge in [0, 0.05) is 0 Å². The van der Waals surface area contributed by atoms with Gasteiger partial charge in [-0.1, -0.05) is 0 Å². The Balaban J connectivity index is 0.00000121. The average Bonchev–Trinajstić information content (AvgIpc) is 3.09. The van der Waals surface area contributed by atoms with Crippen LogP contribution in [0.5, 0.6) is 0 Å². The smallest absolute Gasteiger partial charge is 1.00 e. The molecule has 4 rings (SSSR count). The number of halogens is 2. The molecule has 3 heteroatoms. The first-order valence-electron chi connectivity index (χ1n) is 8.81. The first kappa shape index (κ1) is 21.7. The Morgan fingerprint density at radius 2 is 1.54 bits per heavy atom. The SMILES string of the molecule is CC1=[C]([Zr+2][c]2cccc3c2Cc2ccccc2-3)CC(C(C)(C)C)=C1.[Cl-].[Cl-]. The minimum Gasteiger partial charge on any atom is -1.00 e. The summed E-state index contributed by atoms with van der Waals surface area (Å²) in [5.74, 6) is 0. The normalized spacial score (nSPS) is 14.7. The number of allylic oxidation sites excluding steroid dienone is 4. The predicted molar refractivity (Wildman–Crippen MR) is 99.2 cm³/mol. The van der Waals surface area contributed by atoms with E-state index in [1.807, 2.05) is 0 Å². The molecule has 0 bridgehead atoms. The molecule has 0 atom stereocenters. The van der Waals surface area contributed by atoms with E-state index in [0.29, 0.717) is 5.41 Å². The molecule has 0 N–H and O–H groups in total. The average molecular weight is 463 g/mol. The van der Waals surface area contributed by atoms with Crippen LogP contribution in [0.3, 0.4) is 0 Å². The zero-order valence-corrected chi connectivity index (χ0v) is 19.8. The fourth-order valence-electron chi connectivity index (χ4n) is 3.79. The monoisotopic (exact) mass is 460 g/mol. The summed E-state index contributed by atoms with van der Waals surface area (Å²) in [6, 6.07) is 15.9. The Hall–Kier alpha value is -0.617. The van der Waals surface area contributed by atoms with Gasteiger partial charge in [-0.2, -0.15) is 0 Å². The van der Waals surface area contributed by atoms with Crippen molar-refractivity contribution in [2.45, 2.75) is 40.5 Å². The number of fused-ring (bicyclic) bond motifs is 3. The predicted octanol–water partition coefficient (Wildman–Crippen LogP) is -0.376. The quantitative estimate of drug-likeness (QED) is 0.488. The van der Waals surface area contributed by atoms with E-state index >= 15 is 0 Å². The minimum atomic E-state index is -0.712. The van der Waals surface area contributed by atoms with E-state index in [-0.39, 0.29) is 24.8 Å². The van der Waals surface area contributed by atoms with E-state index in [1.54, 1.807) is 23.3 Å². The molecule has 2 aromatic rings. The second-order valence-electron chi connectivity index (χ2n) is 8.05. The van der Waals surface area contributed by atoms with Crippen molar-refractivity contribution in [2.24, 2.45) is 5.41 Å². The third kappa shape index (κ3) is 3.96.